The monoisotopic (exact) mass is 498 g/mol. The summed E-state index contributed by atoms with van der Waals surface area (Å²) in [4.78, 5) is 38.5. The Kier molecular flexibility index (Phi) is 7.77. The van der Waals surface area contributed by atoms with Crippen LogP contribution in [0.5, 0.6) is 5.75 Å². The minimum absolute atomic E-state index is 0.0961. The van der Waals surface area contributed by atoms with Crippen LogP contribution in [-0.2, 0) is 20.9 Å². The lowest BCUT2D eigenvalue weighted by atomic mass is 9.78. The fraction of sp³-hybridized carbons (Fsp3) is 0.444. The molecule has 1 saturated carbocycles. The standard InChI is InChI=1S/C27H31ClN2O5/c1-17-13-19(3-8-24(17)35-12-11-29-25(31)9-10-26(29)32)16-30(23-14-21(15-23)27(33)34)18(2)20-4-6-22(28)7-5-20/h3-8,13,18,21,23H,9-12,14-16H2,1-2H3,(H,33,34)/t18-,21-,23+/m1/s1. The molecule has 2 aromatic carbocycles. The van der Waals surface area contributed by atoms with Gasteiger partial charge in [-0.25, -0.2) is 0 Å². The number of aryl methyl sites for hydroxylation is 1. The molecule has 186 valence electrons. The van der Waals surface area contributed by atoms with Crippen LogP contribution in [0, 0.1) is 12.8 Å². The van der Waals surface area contributed by atoms with Crippen molar-refractivity contribution in [1.29, 1.82) is 0 Å². The van der Waals surface area contributed by atoms with Gasteiger partial charge >= 0.3 is 5.97 Å². The van der Waals surface area contributed by atoms with E-state index in [1.54, 1.807) is 0 Å². The molecule has 1 aliphatic carbocycles. The number of amides is 2. The van der Waals surface area contributed by atoms with Crippen molar-refractivity contribution in [1.82, 2.24) is 9.80 Å². The van der Waals surface area contributed by atoms with Gasteiger partial charge in [-0.1, -0.05) is 35.9 Å². The van der Waals surface area contributed by atoms with E-state index in [1.165, 1.54) is 4.90 Å². The molecule has 0 radical (unpaired) electrons. The van der Waals surface area contributed by atoms with Gasteiger partial charge in [0.1, 0.15) is 12.4 Å². The first-order valence-electron chi connectivity index (χ1n) is 12.0. The van der Waals surface area contributed by atoms with Crippen molar-refractivity contribution in [2.75, 3.05) is 13.2 Å². The predicted octanol–water partition coefficient (Wildman–Crippen LogP) is 4.60. The van der Waals surface area contributed by atoms with Gasteiger partial charge in [0.15, 0.2) is 0 Å². The normalized spacial score (nSPS) is 20.7. The van der Waals surface area contributed by atoms with E-state index >= 15 is 0 Å². The van der Waals surface area contributed by atoms with Gasteiger partial charge in [0.2, 0.25) is 11.8 Å². The highest BCUT2D eigenvalue weighted by Crippen LogP contribution is 2.38. The first kappa shape index (κ1) is 25.2. The highest BCUT2D eigenvalue weighted by Gasteiger charge is 2.39. The number of carboxylic acids is 1. The van der Waals surface area contributed by atoms with Crippen molar-refractivity contribution in [2.45, 2.75) is 58.2 Å². The fourth-order valence-electron chi connectivity index (χ4n) is 4.88. The number of carbonyl (C=O) groups excluding carboxylic acids is 2. The van der Waals surface area contributed by atoms with Crippen LogP contribution in [-0.4, -0.2) is 51.9 Å². The van der Waals surface area contributed by atoms with E-state index in [-0.39, 0.29) is 55.8 Å². The smallest absolute Gasteiger partial charge is 0.306 e. The molecule has 1 aliphatic heterocycles. The molecule has 0 unspecified atom stereocenters. The van der Waals surface area contributed by atoms with E-state index in [1.807, 2.05) is 43.3 Å². The number of likely N-dealkylation sites (tertiary alicyclic amines) is 1. The molecule has 4 rings (SSSR count). The topological polar surface area (TPSA) is 87.2 Å². The van der Waals surface area contributed by atoms with Gasteiger partial charge in [0.25, 0.3) is 0 Å². The molecule has 1 atom stereocenters. The summed E-state index contributed by atoms with van der Waals surface area (Å²) in [5.74, 6) is -0.565. The lowest BCUT2D eigenvalue weighted by molar-refractivity contribution is -0.147. The number of rotatable bonds is 10. The Bertz CT molecular complexity index is 1080. The Morgan fingerprint density at radius 3 is 2.40 bits per heavy atom. The predicted molar refractivity (Wildman–Crippen MR) is 132 cm³/mol. The zero-order valence-corrected chi connectivity index (χ0v) is 20.8. The molecular weight excluding hydrogens is 468 g/mol. The summed E-state index contributed by atoms with van der Waals surface area (Å²) in [6.07, 6.45) is 1.85. The first-order valence-corrected chi connectivity index (χ1v) is 12.4. The molecule has 1 saturated heterocycles. The molecule has 8 heteroatoms. The number of hydrogen-bond acceptors (Lipinski definition) is 5. The summed E-state index contributed by atoms with van der Waals surface area (Å²) in [6, 6.07) is 14.1. The van der Waals surface area contributed by atoms with Crippen LogP contribution >= 0.6 is 11.6 Å². The van der Waals surface area contributed by atoms with Gasteiger partial charge in [0, 0.05) is 36.5 Å². The van der Waals surface area contributed by atoms with Crippen LogP contribution in [0.2, 0.25) is 5.02 Å². The molecule has 0 spiro atoms. The molecule has 2 fully saturated rings. The van der Waals surface area contributed by atoms with Crippen LogP contribution in [0.3, 0.4) is 0 Å². The molecular formula is C27H31ClN2O5. The van der Waals surface area contributed by atoms with Gasteiger partial charge in [0.05, 0.1) is 12.5 Å². The largest absolute Gasteiger partial charge is 0.491 e. The number of hydrogen-bond donors (Lipinski definition) is 1. The maximum absolute atomic E-state index is 11.8. The first-order chi connectivity index (χ1) is 16.7. The molecule has 1 heterocycles. The summed E-state index contributed by atoms with van der Waals surface area (Å²) in [7, 11) is 0. The number of aliphatic carboxylic acids is 1. The Labute approximate surface area is 210 Å². The maximum Gasteiger partial charge on any atom is 0.306 e. The number of halogens is 1. The highest BCUT2D eigenvalue weighted by molar-refractivity contribution is 6.30. The van der Waals surface area contributed by atoms with Crippen LogP contribution in [0.4, 0.5) is 0 Å². The SMILES string of the molecule is Cc1cc(CN([C@H]2C[C@@H](C(=O)O)C2)[C@H](C)c2ccc(Cl)cc2)ccc1OCCN1C(=O)CCC1=O. The van der Waals surface area contributed by atoms with E-state index in [0.717, 1.165) is 22.4 Å². The van der Waals surface area contributed by atoms with Gasteiger partial charge in [-0.2, -0.15) is 0 Å². The Balaban J connectivity index is 1.43. The minimum Gasteiger partial charge on any atom is -0.491 e. The Morgan fingerprint density at radius 1 is 1.14 bits per heavy atom. The number of carbonyl (C=O) groups is 3. The number of ether oxygens (including phenoxy) is 1. The second kappa shape index (κ2) is 10.8. The van der Waals surface area contributed by atoms with E-state index < -0.39 is 5.97 Å². The molecule has 7 nitrogen and oxygen atoms in total. The van der Waals surface area contributed by atoms with Gasteiger partial charge in [-0.3, -0.25) is 24.2 Å². The molecule has 2 aliphatic rings. The van der Waals surface area contributed by atoms with Crippen molar-refractivity contribution in [2.24, 2.45) is 5.92 Å². The Morgan fingerprint density at radius 2 is 1.80 bits per heavy atom. The molecule has 2 aromatic rings. The van der Waals surface area contributed by atoms with E-state index in [9.17, 15) is 19.5 Å². The zero-order valence-electron chi connectivity index (χ0n) is 20.1. The summed E-state index contributed by atoms with van der Waals surface area (Å²) in [6.45, 7) is 5.32. The molecule has 0 aromatic heterocycles. The van der Waals surface area contributed by atoms with Gasteiger partial charge < -0.3 is 9.84 Å². The zero-order chi connectivity index (χ0) is 25.1. The van der Waals surface area contributed by atoms with Crippen molar-refractivity contribution in [3.63, 3.8) is 0 Å². The van der Waals surface area contributed by atoms with Crippen molar-refractivity contribution in [3.8, 4) is 5.75 Å². The second-order valence-electron chi connectivity index (χ2n) is 9.45. The van der Waals surface area contributed by atoms with Gasteiger partial charge in [-0.05, 0) is 61.6 Å². The van der Waals surface area contributed by atoms with Crippen LogP contribution in [0.15, 0.2) is 42.5 Å². The highest BCUT2D eigenvalue weighted by atomic mass is 35.5. The lowest BCUT2D eigenvalue weighted by Crippen LogP contribution is -2.47. The van der Waals surface area contributed by atoms with E-state index in [2.05, 4.69) is 17.9 Å². The quantitative estimate of drug-likeness (QED) is 0.482. The molecule has 0 bridgehead atoms. The summed E-state index contributed by atoms with van der Waals surface area (Å²) >= 11 is 6.07. The minimum atomic E-state index is -0.727. The van der Waals surface area contributed by atoms with E-state index in [0.29, 0.717) is 24.4 Å². The van der Waals surface area contributed by atoms with Crippen molar-refractivity contribution >= 4 is 29.4 Å². The number of carboxylic acid groups (broad SMARTS) is 1. The maximum atomic E-state index is 11.8. The number of imide groups is 1. The lowest BCUT2D eigenvalue weighted by Gasteiger charge is -2.44. The second-order valence-corrected chi connectivity index (χ2v) is 9.88. The summed E-state index contributed by atoms with van der Waals surface area (Å²) in [5, 5.41) is 10.0. The van der Waals surface area contributed by atoms with E-state index in [4.69, 9.17) is 16.3 Å². The van der Waals surface area contributed by atoms with Gasteiger partial charge in [-0.15, -0.1) is 0 Å². The summed E-state index contributed by atoms with van der Waals surface area (Å²) in [5.41, 5.74) is 3.22. The third-order valence-electron chi connectivity index (χ3n) is 7.11. The number of nitrogens with zero attached hydrogens (tertiary/aromatic N) is 2. The van der Waals surface area contributed by atoms with Crippen LogP contribution in [0.1, 0.15) is 55.3 Å². The van der Waals surface area contributed by atoms with Crippen molar-refractivity contribution in [3.05, 3.63) is 64.2 Å². The third kappa shape index (κ3) is 5.85. The molecule has 2 amide bonds. The molecule has 1 N–H and O–H groups in total. The summed E-state index contributed by atoms with van der Waals surface area (Å²) < 4.78 is 5.87. The molecule has 35 heavy (non-hydrogen) atoms. The average Bonchev–Trinajstić information content (AvgIpc) is 3.10. The number of benzene rings is 2. The van der Waals surface area contributed by atoms with Crippen molar-refractivity contribution < 1.29 is 24.2 Å². The third-order valence-corrected chi connectivity index (χ3v) is 7.37. The van der Waals surface area contributed by atoms with Crippen LogP contribution in [0.25, 0.3) is 0 Å². The fourth-order valence-corrected chi connectivity index (χ4v) is 5.00. The Hall–Kier alpha value is -2.90. The average molecular weight is 499 g/mol. The van der Waals surface area contributed by atoms with Crippen LogP contribution < -0.4 is 4.74 Å².